The third-order valence-electron chi connectivity index (χ3n) is 6.77. The summed E-state index contributed by atoms with van der Waals surface area (Å²) < 4.78 is 25.1. The summed E-state index contributed by atoms with van der Waals surface area (Å²) in [4.78, 5) is 29.1. The molecule has 2 atom stereocenters. The smallest absolute Gasteiger partial charge is 0.243 e. The monoisotopic (exact) mass is 548 g/mol. The summed E-state index contributed by atoms with van der Waals surface area (Å²) in [6, 6.07) is 20.7. The average molecular weight is 549 g/mol. The Kier molecular flexibility index (Phi) is 12.0. The number of nitrogens with one attached hydrogen (secondary N) is 1. The minimum atomic E-state index is -0.728. The van der Waals surface area contributed by atoms with Crippen LogP contribution in [0.25, 0.3) is 0 Å². The number of nitrogens with zero attached hydrogens (tertiary/aromatic N) is 1. The van der Waals surface area contributed by atoms with Crippen LogP contribution in [0.15, 0.2) is 72.8 Å². The largest absolute Gasteiger partial charge is 0.490 e. The first kappa shape index (κ1) is 30.7. The van der Waals surface area contributed by atoms with E-state index in [4.69, 9.17) is 9.47 Å². The van der Waals surface area contributed by atoms with E-state index in [9.17, 15) is 14.0 Å². The molecule has 0 aromatic heterocycles. The lowest BCUT2D eigenvalue weighted by Gasteiger charge is -2.32. The molecule has 6 nitrogen and oxygen atoms in total. The lowest BCUT2D eigenvalue weighted by molar-refractivity contribution is -0.141. The second-order valence-corrected chi connectivity index (χ2v) is 9.82. The third kappa shape index (κ3) is 9.11. The summed E-state index contributed by atoms with van der Waals surface area (Å²) in [5, 5.41) is 3.07. The molecule has 0 unspecified atom stereocenters. The minimum absolute atomic E-state index is 0.0330. The number of rotatable bonds is 15. The van der Waals surface area contributed by atoms with E-state index in [1.807, 2.05) is 76.2 Å². The lowest BCUT2D eigenvalue weighted by atomic mass is 10.0. The van der Waals surface area contributed by atoms with Crippen molar-refractivity contribution in [2.24, 2.45) is 0 Å². The summed E-state index contributed by atoms with van der Waals surface area (Å²) in [6.45, 7) is 9.01. The van der Waals surface area contributed by atoms with Crippen LogP contribution in [0, 0.1) is 5.82 Å². The van der Waals surface area contributed by atoms with Crippen molar-refractivity contribution in [2.45, 2.75) is 72.0 Å². The minimum Gasteiger partial charge on any atom is -0.490 e. The summed E-state index contributed by atoms with van der Waals surface area (Å²) in [6.07, 6.45) is 1.81. The molecule has 3 aromatic rings. The van der Waals surface area contributed by atoms with E-state index >= 15 is 0 Å². The first-order chi connectivity index (χ1) is 19.3. The van der Waals surface area contributed by atoms with E-state index < -0.39 is 6.04 Å². The van der Waals surface area contributed by atoms with Gasteiger partial charge in [-0.05, 0) is 74.6 Å². The van der Waals surface area contributed by atoms with Crippen LogP contribution in [0.4, 0.5) is 4.39 Å². The van der Waals surface area contributed by atoms with E-state index in [1.165, 1.54) is 12.1 Å². The van der Waals surface area contributed by atoms with E-state index in [2.05, 4.69) is 5.32 Å². The Bertz CT molecular complexity index is 1220. The zero-order valence-electron chi connectivity index (χ0n) is 24.0. The summed E-state index contributed by atoms with van der Waals surface area (Å²) >= 11 is 0. The van der Waals surface area contributed by atoms with Crippen LogP contribution in [0.3, 0.4) is 0 Å². The lowest BCUT2D eigenvalue weighted by Crippen LogP contribution is -2.52. The van der Waals surface area contributed by atoms with E-state index in [1.54, 1.807) is 17.0 Å². The van der Waals surface area contributed by atoms with Gasteiger partial charge in [-0.1, -0.05) is 55.5 Å². The van der Waals surface area contributed by atoms with Crippen molar-refractivity contribution in [3.8, 4) is 11.5 Å². The zero-order chi connectivity index (χ0) is 28.9. The number of amides is 2. The second kappa shape index (κ2) is 15.7. The molecule has 7 heteroatoms. The van der Waals surface area contributed by atoms with Gasteiger partial charge in [-0.3, -0.25) is 9.59 Å². The molecule has 3 rings (SSSR count). The van der Waals surface area contributed by atoms with Crippen LogP contribution in [-0.2, 0) is 29.0 Å². The molecular formula is C33H41FN2O4. The average Bonchev–Trinajstić information content (AvgIpc) is 2.96. The van der Waals surface area contributed by atoms with Crippen molar-refractivity contribution >= 4 is 11.8 Å². The number of aryl methyl sites for hydroxylation is 1. The van der Waals surface area contributed by atoms with Gasteiger partial charge in [0.15, 0.2) is 11.5 Å². The predicted molar refractivity (Wildman–Crippen MR) is 156 cm³/mol. The summed E-state index contributed by atoms with van der Waals surface area (Å²) in [5.41, 5.74) is 2.64. The number of hydrogen-bond donors (Lipinski definition) is 1. The molecule has 0 aliphatic heterocycles. The Morgan fingerprint density at radius 2 is 1.50 bits per heavy atom. The molecule has 0 heterocycles. The molecule has 0 spiro atoms. The molecule has 0 aliphatic carbocycles. The van der Waals surface area contributed by atoms with Crippen LogP contribution in [0.1, 0.15) is 57.2 Å². The van der Waals surface area contributed by atoms with E-state index in [0.717, 1.165) is 23.1 Å². The fraction of sp³-hybridized carbons (Fsp3) is 0.394. The van der Waals surface area contributed by atoms with Crippen molar-refractivity contribution in [3.05, 3.63) is 95.3 Å². The Morgan fingerprint density at radius 3 is 2.15 bits per heavy atom. The Labute approximate surface area is 237 Å². The van der Waals surface area contributed by atoms with Crippen molar-refractivity contribution in [1.82, 2.24) is 10.2 Å². The fourth-order valence-electron chi connectivity index (χ4n) is 4.43. The topological polar surface area (TPSA) is 67.9 Å². The standard InChI is InChI=1S/C33H41FN2O4/c1-5-24(4)35-33(38)29(21-25-11-9-8-10-12-25)36(23-27-13-17-28(34)18-14-27)32(37)20-16-26-15-19-30(39-6-2)31(22-26)40-7-3/h8-15,17-19,22,24,29H,5-7,16,20-21,23H2,1-4H3,(H,35,38)/t24-,29+/m1/s1. The van der Waals surface area contributed by atoms with E-state index in [0.29, 0.717) is 37.6 Å². The maximum atomic E-state index is 13.9. The van der Waals surface area contributed by atoms with Gasteiger partial charge in [-0.2, -0.15) is 0 Å². The van der Waals surface area contributed by atoms with Gasteiger partial charge in [0.2, 0.25) is 11.8 Å². The molecule has 1 N–H and O–H groups in total. The number of ether oxygens (including phenoxy) is 2. The summed E-state index contributed by atoms with van der Waals surface area (Å²) in [5.74, 6) is 0.608. The first-order valence-electron chi connectivity index (χ1n) is 14.1. The van der Waals surface area contributed by atoms with Crippen LogP contribution in [0.2, 0.25) is 0 Å². The molecule has 0 saturated heterocycles. The highest BCUT2D eigenvalue weighted by Gasteiger charge is 2.30. The number of carbonyl (C=O) groups is 2. The van der Waals surface area contributed by atoms with Gasteiger partial charge in [-0.25, -0.2) is 4.39 Å². The van der Waals surface area contributed by atoms with Gasteiger partial charge >= 0.3 is 0 Å². The fourth-order valence-corrected chi connectivity index (χ4v) is 4.43. The maximum Gasteiger partial charge on any atom is 0.243 e. The van der Waals surface area contributed by atoms with Crippen LogP contribution in [0.5, 0.6) is 11.5 Å². The molecular weight excluding hydrogens is 507 g/mol. The molecule has 0 radical (unpaired) electrons. The van der Waals surface area contributed by atoms with Crippen LogP contribution >= 0.6 is 0 Å². The third-order valence-corrected chi connectivity index (χ3v) is 6.77. The van der Waals surface area contributed by atoms with Gasteiger partial charge in [0.25, 0.3) is 0 Å². The van der Waals surface area contributed by atoms with Crippen molar-refractivity contribution < 1.29 is 23.5 Å². The second-order valence-electron chi connectivity index (χ2n) is 9.82. The SMILES string of the molecule is CCOc1ccc(CCC(=O)N(Cc2ccc(F)cc2)[C@@H](Cc2ccccc2)C(=O)N[C@H](C)CC)cc1OCC. The Balaban J connectivity index is 1.90. The number of carbonyl (C=O) groups excluding carboxylic acids is 2. The van der Waals surface area contributed by atoms with Gasteiger partial charge in [0.05, 0.1) is 13.2 Å². The maximum absolute atomic E-state index is 13.9. The number of benzene rings is 3. The molecule has 0 bridgehead atoms. The van der Waals surface area contributed by atoms with Gasteiger partial charge in [0.1, 0.15) is 11.9 Å². The zero-order valence-corrected chi connectivity index (χ0v) is 24.0. The predicted octanol–water partition coefficient (Wildman–Crippen LogP) is 6.11. The quantitative estimate of drug-likeness (QED) is 0.249. The first-order valence-corrected chi connectivity index (χ1v) is 14.1. The van der Waals surface area contributed by atoms with Crippen molar-refractivity contribution in [2.75, 3.05) is 13.2 Å². The number of hydrogen-bond acceptors (Lipinski definition) is 4. The van der Waals surface area contributed by atoms with Crippen LogP contribution in [-0.4, -0.2) is 42.0 Å². The normalized spacial score (nSPS) is 12.3. The highest BCUT2D eigenvalue weighted by atomic mass is 19.1. The van der Waals surface area contributed by atoms with E-state index in [-0.39, 0.29) is 36.6 Å². The molecule has 3 aromatic carbocycles. The van der Waals surface area contributed by atoms with Gasteiger partial charge in [-0.15, -0.1) is 0 Å². The van der Waals surface area contributed by atoms with Gasteiger partial charge in [0, 0.05) is 25.4 Å². The molecule has 2 amide bonds. The summed E-state index contributed by atoms with van der Waals surface area (Å²) in [7, 11) is 0. The van der Waals surface area contributed by atoms with Gasteiger partial charge < -0.3 is 19.7 Å². The Morgan fingerprint density at radius 1 is 0.850 bits per heavy atom. The van der Waals surface area contributed by atoms with Crippen molar-refractivity contribution in [1.29, 1.82) is 0 Å². The van der Waals surface area contributed by atoms with Crippen LogP contribution < -0.4 is 14.8 Å². The number of halogens is 1. The Hall–Kier alpha value is -3.87. The highest BCUT2D eigenvalue weighted by molar-refractivity contribution is 5.88. The molecule has 0 aliphatic rings. The molecule has 40 heavy (non-hydrogen) atoms. The molecule has 0 saturated carbocycles. The molecule has 214 valence electrons. The highest BCUT2D eigenvalue weighted by Crippen LogP contribution is 2.29. The molecule has 0 fully saturated rings. The van der Waals surface area contributed by atoms with Crippen molar-refractivity contribution in [3.63, 3.8) is 0 Å².